The number of amides is 1. The van der Waals surface area contributed by atoms with E-state index in [1.165, 1.54) is 0 Å². The van der Waals surface area contributed by atoms with Gasteiger partial charge in [-0.2, -0.15) is 18.3 Å². The highest BCUT2D eigenvalue weighted by atomic mass is 35.5. The van der Waals surface area contributed by atoms with Gasteiger partial charge in [0, 0.05) is 30.4 Å². The molecule has 0 atom stereocenters. The number of hydrogen-bond donors (Lipinski definition) is 3. The number of nitrogens with one attached hydrogen (secondary N) is 2. The van der Waals surface area contributed by atoms with Gasteiger partial charge in [-0.1, -0.05) is 18.5 Å². The SMILES string of the molecule is CCn1nc(C(=O)NCC2(O)CCC(C)CC2)c(Cl)c1-c1cnc(NC2(CC(F)(F)F)CC2)cc1C. The fraction of sp³-hybridized carbons (Fsp3) is 0.640. The van der Waals surface area contributed by atoms with Gasteiger partial charge in [0.2, 0.25) is 0 Å². The Labute approximate surface area is 213 Å². The Bertz CT molecular complexity index is 1120. The molecule has 36 heavy (non-hydrogen) atoms. The minimum atomic E-state index is -4.25. The van der Waals surface area contributed by atoms with Gasteiger partial charge < -0.3 is 15.7 Å². The second-order valence-electron chi connectivity index (χ2n) is 10.5. The maximum absolute atomic E-state index is 12.9. The molecule has 0 aliphatic heterocycles. The van der Waals surface area contributed by atoms with Crippen LogP contribution in [0, 0.1) is 12.8 Å². The number of nitrogens with zero attached hydrogens (tertiary/aromatic N) is 3. The number of aliphatic hydroxyl groups is 1. The lowest BCUT2D eigenvalue weighted by molar-refractivity contribution is -0.138. The van der Waals surface area contributed by atoms with Crippen LogP contribution < -0.4 is 10.6 Å². The van der Waals surface area contributed by atoms with Gasteiger partial charge in [0.05, 0.1) is 22.7 Å². The van der Waals surface area contributed by atoms with Crippen molar-refractivity contribution in [3.8, 4) is 11.3 Å². The Morgan fingerprint density at radius 3 is 2.50 bits per heavy atom. The molecule has 198 valence electrons. The summed E-state index contributed by atoms with van der Waals surface area (Å²) >= 11 is 6.64. The average molecular weight is 528 g/mol. The first-order chi connectivity index (χ1) is 16.8. The number of alkyl halides is 3. The highest BCUT2D eigenvalue weighted by Crippen LogP contribution is 2.47. The standard InChI is InChI=1S/C25H33ClF3N5O2/c1-4-34-21(17-12-30-18(11-16(17)3)32-23(9-10-23)13-25(27,28)29)19(26)20(33-34)22(35)31-14-24(36)7-5-15(2)6-8-24/h11-12,15,36H,4-10,13-14H2,1-3H3,(H,30,32)(H,31,35). The molecule has 0 saturated heterocycles. The van der Waals surface area contributed by atoms with Crippen LogP contribution in [0.2, 0.25) is 5.02 Å². The zero-order valence-corrected chi connectivity index (χ0v) is 21.6. The molecule has 2 aromatic rings. The van der Waals surface area contributed by atoms with Gasteiger partial charge in [-0.3, -0.25) is 9.48 Å². The van der Waals surface area contributed by atoms with Crippen LogP contribution in [-0.2, 0) is 6.54 Å². The third kappa shape index (κ3) is 5.96. The summed E-state index contributed by atoms with van der Waals surface area (Å²) < 4.78 is 40.4. The Hall–Kier alpha value is -2.33. The smallest absolute Gasteiger partial charge is 0.388 e. The van der Waals surface area contributed by atoms with Gasteiger partial charge in [0.1, 0.15) is 5.82 Å². The summed E-state index contributed by atoms with van der Waals surface area (Å²) in [4.78, 5) is 17.3. The first-order valence-corrected chi connectivity index (χ1v) is 12.8. The van der Waals surface area contributed by atoms with Crippen molar-refractivity contribution in [2.45, 2.75) is 89.6 Å². The van der Waals surface area contributed by atoms with Crippen LogP contribution in [0.3, 0.4) is 0 Å². The maximum atomic E-state index is 12.9. The molecule has 4 rings (SSSR count). The molecule has 2 saturated carbocycles. The molecule has 0 aromatic carbocycles. The number of hydrogen-bond acceptors (Lipinski definition) is 5. The number of carbonyl (C=O) groups is 1. The van der Waals surface area contributed by atoms with E-state index in [1.54, 1.807) is 16.9 Å². The van der Waals surface area contributed by atoms with E-state index in [-0.39, 0.29) is 17.3 Å². The van der Waals surface area contributed by atoms with Gasteiger partial charge in [-0.25, -0.2) is 4.98 Å². The molecule has 2 fully saturated rings. The van der Waals surface area contributed by atoms with E-state index in [2.05, 4.69) is 27.6 Å². The van der Waals surface area contributed by atoms with Gasteiger partial charge in [0.25, 0.3) is 5.91 Å². The molecule has 2 aromatic heterocycles. The molecule has 2 heterocycles. The summed E-state index contributed by atoms with van der Waals surface area (Å²) in [5.74, 6) is 0.466. The van der Waals surface area contributed by atoms with E-state index in [1.807, 2.05) is 13.8 Å². The van der Waals surface area contributed by atoms with Gasteiger partial charge in [-0.15, -0.1) is 0 Å². The molecule has 2 aliphatic rings. The first kappa shape index (κ1) is 26.7. The highest BCUT2D eigenvalue weighted by Gasteiger charge is 2.51. The molecular formula is C25H33ClF3N5O2. The summed E-state index contributed by atoms with van der Waals surface area (Å²) in [7, 11) is 0. The lowest BCUT2D eigenvalue weighted by atomic mass is 9.79. The number of aryl methyl sites for hydroxylation is 2. The summed E-state index contributed by atoms with van der Waals surface area (Å²) in [5, 5.41) is 21.1. The molecular weight excluding hydrogens is 495 g/mol. The molecule has 0 spiro atoms. The van der Waals surface area contributed by atoms with Crippen LogP contribution in [0.1, 0.15) is 74.8 Å². The second-order valence-corrected chi connectivity index (χ2v) is 10.9. The fourth-order valence-electron chi connectivity index (χ4n) is 4.90. The van der Waals surface area contributed by atoms with Crippen LogP contribution in [0.5, 0.6) is 0 Å². The van der Waals surface area contributed by atoms with Crippen LogP contribution in [0.4, 0.5) is 19.0 Å². The van der Waals surface area contributed by atoms with Gasteiger partial charge in [-0.05, 0) is 69.9 Å². The topological polar surface area (TPSA) is 92.1 Å². The zero-order chi connectivity index (χ0) is 26.3. The highest BCUT2D eigenvalue weighted by molar-refractivity contribution is 6.36. The molecule has 11 heteroatoms. The van der Waals surface area contributed by atoms with Crippen molar-refractivity contribution in [1.82, 2.24) is 20.1 Å². The minimum absolute atomic E-state index is 0.0602. The van der Waals surface area contributed by atoms with E-state index in [0.717, 1.165) is 18.4 Å². The predicted molar refractivity (Wildman–Crippen MR) is 132 cm³/mol. The van der Waals surface area contributed by atoms with Crippen molar-refractivity contribution in [3.05, 3.63) is 28.5 Å². The summed E-state index contributed by atoms with van der Waals surface area (Å²) in [6.07, 6.45) is 0.367. The molecule has 3 N–H and O–H groups in total. The fourth-order valence-corrected chi connectivity index (χ4v) is 5.22. The molecule has 7 nitrogen and oxygen atoms in total. The summed E-state index contributed by atoms with van der Waals surface area (Å²) in [5.41, 5.74) is 0.0313. The lowest BCUT2D eigenvalue weighted by Gasteiger charge is -2.34. The van der Waals surface area contributed by atoms with E-state index in [4.69, 9.17) is 11.6 Å². The predicted octanol–water partition coefficient (Wildman–Crippen LogP) is 5.49. The van der Waals surface area contributed by atoms with Crippen LogP contribution in [-0.4, -0.2) is 49.6 Å². The van der Waals surface area contributed by atoms with E-state index >= 15 is 0 Å². The largest absolute Gasteiger partial charge is 0.391 e. The molecule has 0 bridgehead atoms. The Morgan fingerprint density at radius 2 is 1.94 bits per heavy atom. The summed E-state index contributed by atoms with van der Waals surface area (Å²) in [6.45, 7) is 6.41. The second kappa shape index (κ2) is 9.85. The molecule has 0 radical (unpaired) electrons. The monoisotopic (exact) mass is 527 g/mol. The normalized spacial score (nSPS) is 23.4. The van der Waals surface area contributed by atoms with Crippen LogP contribution in [0.25, 0.3) is 11.3 Å². The van der Waals surface area contributed by atoms with E-state index in [0.29, 0.717) is 55.2 Å². The first-order valence-electron chi connectivity index (χ1n) is 12.4. The van der Waals surface area contributed by atoms with E-state index in [9.17, 15) is 23.1 Å². The van der Waals surface area contributed by atoms with Crippen molar-refractivity contribution >= 4 is 23.3 Å². The molecule has 2 aliphatic carbocycles. The van der Waals surface area contributed by atoms with Crippen molar-refractivity contribution in [1.29, 1.82) is 0 Å². The quantitative estimate of drug-likeness (QED) is 0.422. The lowest BCUT2D eigenvalue weighted by Crippen LogP contribution is -2.45. The Kier molecular flexibility index (Phi) is 7.31. The molecule has 0 unspecified atom stereocenters. The number of pyridine rings is 1. The number of anilines is 1. The maximum Gasteiger partial charge on any atom is 0.391 e. The van der Waals surface area contributed by atoms with Crippen LogP contribution in [0.15, 0.2) is 12.3 Å². The number of carbonyl (C=O) groups excluding carboxylic acids is 1. The van der Waals surface area contributed by atoms with Crippen LogP contribution >= 0.6 is 11.6 Å². The Morgan fingerprint density at radius 1 is 1.28 bits per heavy atom. The van der Waals surface area contributed by atoms with Gasteiger partial charge in [0.15, 0.2) is 5.69 Å². The van der Waals surface area contributed by atoms with Crippen molar-refractivity contribution in [2.75, 3.05) is 11.9 Å². The minimum Gasteiger partial charge on any atom is -0.388 e. The summed E-state index contributed by atoms with van der Waals surface area (Å²) in [6, 6.07) is 1.69. The number of halogens is 4. The Balaban J connectivity index is 1.51. The van der Waals surface area contributed by atoms with Gasteiger partial charge >= 0.3 is 6.18 Å². The van der Waals surface area contributed by atoms with Crippen molar-refractivity contribution < 1.29 is 23.1 Å². The number of rotatable bonds is 8. The zero-order valence-electron chi connectivity index (χ0n) is 20.8. The average Bonchev–Trinajstić information content (AvgIpc) is 3.45. The third-order valence-electron chi connectivity index (χ3n) is 7.34. The van der Waals surface area contributed by atoms with Crippen molar-refractivity contribution in [2.24, 2.45) is 5.92 Å². The van der Waals surface area contributed by atoms with Crippen molar-refractivity contribution in [3.63, 3.8) is 0 Å². The number of aromatic nitrogens is 3. The molecule has 1 amide bonds. The third-order valence-corrected chi connectivity index (χ3v) is 7.70. The van der Waals surface area contributed by atoms with E-state index < -0.39 is 29.6 Å².